The fourth-order valence-corrected chi connectivity index (χ4v) is 4.10. The minimum Gasteiger partial charge on any atom is -0.381 e. The lowest BCUT2D eigenvalue weighted by atomic mass is 10.0. The highest BCUT2D eigenvalue weighted by Crippen LogP contribution is 2.35. The molecule has 7 nitrogen and oxygen atoms in total. The van der Waals surface area contributed by atoms with Gasteiger partial charge in [0.25, 0.3) is 0 Å². The highest BCUT2D eigenvalue weighted by atomic mass is 19.4. The van der Waals surface area contributed by atoms with Crippen LogP contribution >= 0.6 is 0 Å². The summed E-state index contributed by atoms with van der Waals surface area (Å²) in [7, 11) is 0. The van der Waals surface area contributed by atoms with E-state index >= 15 is 0 Å². The fraction of sp³-hybridized carbons (Fsp3) is 0.474. The van der Waals surface area contributed by atoms with E-state index in [4.69, 9.17) is 9.72 Å². The van der Waals surface area contributed by atoms with Crippen LogP contribution in [0.4, 0.5) is 19.0 Å². The molecule has 0 aliphatic carbocycles. The smallest absolute Gasteiger partial charge is 0.381 e. The zero-order chi connectivity index (χ0) is 20.2. The number of aromatic nitrogens is 5. The Balaban J connectivity index is 1.57. The maximum Gasteiger partial charge on any atom is 0.433 e. The van der Waals surface area contributed by atoms with Gasteiger partial charge >= 0.3 is 6.18 Å². The van der Waals surface area contributed by atoms with Gasteiger partial charge in [0.1, 0.15) is 23.4 Å². The Bertz CT molecular complexity index is 1070. The SMILES string of the molecule is Cc1nc(C2CCOC2)c2c(N3CCc4ccc(C(F)(F)F)nc4C3)ncnn12. The number of rotatable bonds is 2. The number of aryl methyl sites for hydroxylation is 1. The van der Waals surface area contributed by atoms with Crippen LogP contribution in [-0.2, 0) is 23.9 Å². The van der Waals surface area contributed by atoms with Gasteiger partial charge in [-0.25, -0.2) is 19.5 Å². The lowest BCUT2D eigenvalue weighted by molar-refractivity contribution is -0.141. The third-order valence-corrected chi connectivity index (χ3v) is 5.57. The van der Waals surface area contributed by atoms with E-state index in [1.165, 1.54) is 12.4 Å². The van der Waals surface area contributed by atoms with Gasteiger partial charge in [-0.2, -0.15) is 18.3 Å². The second-order valence-corrected chi connectivity index (χ2v) is 7.42. The van der Waals surface area contributed by atoms with Crippen molar-refractivity contribution in [2.45, 2.75) is 38.4 Å². The van der Waals surface area contributed by atoms with E-state index in [-0.39, 0.29) is 12.5 Å². The second kappa shape index (κ2) is 6.65. The van der Waals surface area contributed by atoms with Gasteiger partial charge in [-0.05, 0) is 31.4 Å². The summed E-state index contributed by atoms with van der Waals surface area (Å²) in [5.41, 5.74) is 2.10. The molecule has 152 valence electrons. The second-order valence-electron chi connectivity index (χ2n) is 7.42. The van der Waals surface area contributed by atoms with Crippen LogP contribution in [0.25, 0.3) is 5.52 Å². The van der Waals surface area contributed by atoms with Crippen molar-refractivity contribution in [1.29, 1.82) is 0 Å². The van der Waals surface area contributed by atoms with E-state index in [9.17, 15) is 13.2 Å². The fourth-order valence-electron chi connectivity index (χ4n) is 4.10. The number of alkyl halides is 3. The maximum absolute atomic E-state index is 13.1. The third-order valence-electron chi connectivity index (χ3n) is 5.57. The first-order valence-corrected chi connectivity index (χ1v) is 9.50. The Kier molecular flexibility index (Phi) is 4.19. The van der Waals surface area contributed by atoms with Gasteiger partial charge < -0.3 is 9.64 Å². The van der Waals surface area contributed by atoms with Crippen molar-refractivity contribution in [1.82, 2.24) is 24.6 Å². The molecule has 5 heterocycles. The predicted octanol–water partition coefficient (Wildman–Crippen LogP) is 2.91. The molecule has 1 saturated heterocycles. The molecule has 1 unspecified atom stereocenters. The molecule has 2 aliphatic heterocycles. The lowest BCUT2D eigenvalue weighted by Gasteiger charge is -2.30. The zero-order valence-electron chi connectivity index (χ0n) is 15.8. The molecule has 3 aromatic rings. The highest BCUT2D eigenvalue weighted by molar-refractivity contribution is 5.73. The van der Waals surface area contributed by atoms with Crippen LogP contribution in [0.15, 0.2) is 18.5 Å². The van der Waals surface area contributed by atoms with Crippen molar-refractivity contribution in [3.05, 3.63) is 46.9 Å². The maximum atomic E-state index is 13.1. The molecule has 0 aromatic carbocycles. The molecule has 0 bridgehead atoms. The molecular weight excluding hydrogens is 385 g/mol. The Labute approximate surface area is 164 Å². The molecule has 0 N–H and O–H groups in total. The predicted molar refractivity (Wildman–Crippen MR) is 97.7 cm³/mol. The van der Waals surface area contributed by atoms with Crippen molar-refractivity contribution in [2.24, 2.45) is 0 Å². The van der Waals surface area contributed by atoms with Gasteiger partial charge in [0.2, 0.25) is 0 Å². The lowest BCUT2D eigenvalue weighted by Crippen LogP contribution is -2.33. The summed E-state index contributed by atoms with van der Waals surface area (Å²) >= 11 is 0. The summed E-state index contributed by atoms with van der Waals surface area (Å²) < 4.78 is 46.6. The van der Waals surface area contributed by atoms with Crippen molar-refractivity contribution >= 4 is 11.3 Å². The molecule has 29 heavy (non-hydrogen) atoms. The van der Waals surface area contributed by atoms with E-state index in [0.717, 1.165) is 35.1 Å². The van der Waals surface area contributed by atoms with Crippen LogP contribution in [0.5, 0.6) is 0 Å². The molecule has 10 heteroatoms. The van der Waals surface area contributed by atoms with Gasteiger partial charge in [-0.1, -0.05) is 6.07 Å². The minimum absolute atomic E-state index is 0.162. The van der Waals surface area contributed by atoms with Gasteiger partial charge in [0, 0.05) is 19.1 Å². The van der Waals surface area contributed by atoms with Crippen LogP contribution in [0.3, 0.4) is 0 Å². The molecule has 1 atom stereocenters. The zero-order valence-corrected chi connectivity index (χ0v) is 15.8. The standard InChI is InChI=1S/C19H19F3N6O/c1-11-25-16(13-5-7-29-9-13)17-18(23-10-24-28(11)17)27-6-4-12-2-3-15(19(20,21)22)26-14(12)8-27/h2-3,10,13H,4-9H2,1H3. The first-order chi connectivity index (χ1) is 13.9. The van der Waals surface area contributed by atoms with Crippen LogP contribution < -0.4 is 4.90 Å². The van der Waals surface area contributed by atoms with Crippen LogP contribution in [0, 0.1) is 6.92 Å². The van der Waals surface area contributed by atoms with Crippen molar-refractivity contribution in [2.75, 3.05) is 24.7 Å². The summed E-state index contributed by atoms with van der Waals surface area (Å²) in [4.78, 5) is 15.0. The first kappa shape index (κ1) is 18.3. The summed E-state index contributed by atoms with van der Waals surface area (Å²) in [5.74, 6) is 1.59. The summed E-state index contributed by atoms with van der Waals surface area (Å²) in [6.45, 7) is 4.06. The van der Waals surface area contributed by atoms with E-state index < -0.39 is 11.9 Å². The van der Waals surface area contributed by atoms with E-state index in [2.05, 4.69) is 15.1 Å². The average molecular weight is 404 g/mol. The molecule has 0 radical (unpaired) electrons. The van der Waals surface area contributed by atoms with Crippen LogP contribution in [0.1, 0.15) is 40.8 Å². The summed E-state index contributed by atoms with van der Waals surface area (Å²) in [6, 6.07) is 2.58. The molecule has 0 amide bonds. The number of ether oxygens (including phenoxy) is 1. The minimum atomic E-state index is -4.46. The Morgan fingerprint density at radius 3 is 2.83 bits per heavy atom. The topological polar surface area (TPSA) is 68.4 Å². The third kappa shape index (κ3) is 3.11. The van der Waals surface area contributed by atoms with Crippen LogP contribution in [0.2, 0.25) is 0 Å². The number of fused-ring (bicyclic) bond motifs is 2. The van der Waals surface area contributed by atoms with E-state index in [0.29, 0.717) is 37.7 Å². The Morgan fingerprint density at radius 2 is 2.07 bits per heavy atom. The number of anilines is 1. The van der Waals surface area contributed by atoms with Gasteiger partial charge in [0.15, 0.2) is 5.82 Å². The van der Waals surface area contributed by atoms with Crippen molar-refractivity contribution in [3.8, 4) is 0 Å². The molecule has 0 spiro atoms. The average Bonchev–Trinajstić information content (AvgIpc) is 3.35. The number of hydrogen-bond acceptors (Lipinski definition) is 6. The number of imidazole rings is 1. The monoisotopic (exact) mass is 404 g/mol. The van der Waals surface area contributed by atoms with E-state index in [1.807, 2.05) is 11.8 Å². The summed E-state index contributed by atoms with van der Waals surface area (Å²) in [5, 5.41) is 4.33. The molecule has 0 saturated carbocycles. The first-order valence-electron chi connectivity index (χ1n) is 9.50. The van der Waals surface area contributed by atoms with Gasteiger partial charge in [0.05, 0.1) is 24.5 Å². The number of halogens is 3. The Hall–Kier alpha value is -2.75. The normalized spacial score (nSPS) is 19.7. The van der Waals surface area contributed by atoms with E-state index in [1.54, 1.807) is 4.52 Å². The number of hydrogen-bond donors (Lipinski definition) is 0. The highest BCUT2D eigenvalue weighted by Gasteiger charge is 2.34. The molecular formula is C19H19F3N6O. The summed E-state index contributed by atoms with van der Waals surface area (Å²) in [6.07, 6.45) is -1.52. The molecule has 3 aromatic heterocycles. The number of pyridine rings is 1. The van der Waals surface area contributed by atoms with Gasteiger partial charge in [-0.3, -0.25) is 0 Å². The van der Waals surface area contributed by atoms with Crippen molar-refractivity contribution in [3.63, 3.8) is 0 Å². The molecule has 5 rings (SSSR count). The number of nitrogens with zero attached hydrogens (tertiary/aromatic N) is 6. The Morgan fingerprint density at radius 1 is 1.21 bits per heavy atom. The van der Waals surface area contributed by atoms with Crippen molar-refractivity contribution < 1.29 is 17.9 Å². The van der Waals surface area contributed by atoms with Crippen LogP contribution in [-0.4, -0.2) is 44.3 Å². The quantitative estimate of drug-likeness (QED) is 0.654. The van der Waals surface area contributed by atoms with Gasteiger partial charge in [-0.15, -0.1) is 0 Å². The molecule has 1 fully saturated rings. The molecule has 2 aliphatic rings. The largest absolute Gasteiger partial charge is 0.433 e.